The van der Waals surface area contributed by atoms with Gasteiger partial charge in [-0.15, -0.1) is 0 Å². The number of hydrogen-bond donors (Lipinski definition) is 0. The summed E-state index contributed by atoms with van der Waals surface area (Å²) in [6.45, 7) is 4.48. The summed E-state index contributed by atoms with van der Waals surface area (Å²) in [7, 11) is 1.66. The molecule has 0 heterocycles. The second-order valence-corrected chi connectivity index (χ2v) is 5.91. The molecular weight excluding hydrogens is 246 g/mol. The van der Waals surface area contributed by atoms with Crippen LogP contribution in [0.2, 0.25) is 0 Å². The lowest BCUT2D eigenvalue weighted by molar-refractivity contribution is -0.0588. The molecule has 1 nitrogen and oxygen atoms in total. The highest BCUT2D eigenvalue weighted by molar-refractivity contribution is 5.25. The van der Waals surface area contributed by atoms with Gasteiger partial charge in [-0.25, -0.2) is 8.78 Å². The lowest BCUT2D eigenvalue weighted by Gasteiger charge is -2.40. The van der Waals surface area contributed by atoms with Crippen LogP contribution < -0.4 is 0 Å². The Morgan fingerprint density at radius 3 is 2.26 bits per heavy atom. The largest absolute Gasteiger partial charge is 0.374 e. The molecule has 0 saturated heterocycles. The van der Waals surface area contributed by atoms with Gasteiger partial charge in [-0.2, -0.15) is 0 Å². The predicted molar refractivity (Wildman–Crippen MR) is 71.8 cm³/mol. The highest BCUT2D eigenvalue weighted by Crippen LogP contribution is 2.44. The summed E-state index contributed by atoms with van der Waals surface area (Å²) >= 11 is 0. The molecule has 1 fully saturated rings. The Hall–Kier alpha value is -0.960. The molecule has 1 saturated carbocycles. The zero-order chi connectivity index (χ0) is 14.0. The fraction of sp³-hybridized carbons (Fsp3) is 0.625. The molecule has 106 valence electrons. The molecule has 19 heavy (non-hydrogen) atoms. The fourth-order valence-electron chi connectivity index (χ4n) is 3.16. The van der Waals surface area contributed by atoms with Gasteiger partial charge in [-0.3, -0.25) is 0 Å². The molecule has 0 N–H and O–H groups in total. The number of ether oxygens (including phenoxy) is 1. The van der Waals surface area contributed by atoms with E-state index in [1.54, 1.807) is 13.2 Å². The van der Waals surface area contributed by atoms with E-state index in [9.17, 15) is 8.78 Å². The minimum atomic E-state index is -0.800. The van der Waals surface area contributed by atoms with E-state index >= 15 is 0 Å². The van der Waals surface area contributed by atoms with Gasteiger partial charge >= 0.3 is 0 Å². The quantitative estimate of drug-likeness (QED) is 0.775. The van der Waals surface area contributed by atoms with Crippen LogP contribution in [0.15, 0.2) is 18.2 Å². The first-order valence-electron chi connectivity index (χ1n) is 6.99. The second-order valence-electron chi connectivity index (χ2n) is 5.91. The lowest BCUT2D eigenvalue weighted by Crippen LogP contribution is -2.35. The van der Waals surface area contributed by atoms with Gasteiger partial charge in [0.25, 0.3) is 0 Å². The first kappa shape index (κ1) is 14.4. The third-order valence-electron chi connectivity index (χ3n) is 4.62. The second kappa shape index (κ2) is 5.58. The van der Waals surface area contributed by atoms with E-state index in [-0.39, 0.29) is 0 Å². The molecule has 3 heteroatoms. The van der Waals surface area contributed by atoms with Gasteiger partial charge in [0.2, 0.25) is 0 Å². The van der Waals surface area contributed by atoms with Crippen molar-refractivity contribution in [2.24, 2.45) is 11.8 Å². The number of rotatable bonds is 3. The van der Waals surface area contributed by atoms with E-state index in [4.69, 9.17) is 4.74 Å². The zero-order valence-electron chi connectivity index (χ0n) is 11.9. The van der Waals surface area contributed by atoms with E-state index < -0.39 is 17.2 Å². The average Bonchev–Trinajstić information content (AvgIpc) is 2.42. The van der Waals surface area contributed by atoms with Crippen LogP contribution in [0.5, 0.6) is 0 Å². The summed E-state index contributed by atoms with van der Waals surface area (Å²) in [5, 5.41) is 0. The van der Waals surface area contributed by atoms with Crippen LogP contribution in [0.1, 0.15) is 45.1 Å². The summed E-state index contributed by atoms with van der Waals surface area (Å²) in [6.07, 6.45) is 3.89. The molecule has 0 radical (unpaired) electrons. The number of hydrogen-bond acceptors (Lipinski definition) is 1. The summed E-state index contributed by atoms with van der Waals surface area (Å²) in [5.41, 5.74) is 0.316. The van der Waals surface area contributed by atoms with Crippen molar-refractivity contribution in [2.45, 2.75) is 45.1 Å². The Balaban J connectivity index is 2.22. The molecule has 0 bridgehead atoms. The number of methoxy groups -OCH3 is 1. The summed E-state index contributed by atoms with van der Waals surface area (Å²) in [5.74, 6) is -0.223. The normalized spacial score (nSPS) is 27.8. The van der Waals surface area contributed by atoms with Crippen molar-refractivity contribution in [2.75, 3.05) is 7.11 Å². The summed E-state index contributed by atoms with van der Waals surface area (Å²) < 4.78 is 32.2. The Morgan fingerprint density at radius 2 is 1.79 bits per heavy atom. The van der Waals surface area contributed by atoms with E-state index in [0.717, 1.165) is 31.2 Å². The SMILES string of the molecule is COC1(c2ccc(F)c(F)c2)CCC(C(C)C)CC1. The van der Waals surface area contributed by atoms with E-state index in [1.165, 1.54) is 12.1 Å². The third kappa shape index (κ3) is 2.81. The molecule has 1 aliphatic rings. The standard InChI is InChI=1S/C16H22F2O/c1-11(2)12-6-8-16(19-3,9-7-12)13-4-5-14(17)15(18)10-13/h4-5,10-12H,6-9H2,1-3H3. The minimum absolute atomic E-state index is 0.445. The van der Waals surface area contributed by atoms with Crippen LogP contribution in [0.25, 0.3) is 0 Å². The highest BCUT2D eigenvalue weighted by Gasteiger charge is 2.38. The molecule has 0 atom stereocenters. The molecule has 1 aromatic rings. The average molecular weight is 268 g/mol. The Bertz CT molecular complexity index is 434. The lowest BCUT2D eigenvalue weighted by atomic mass is 9.72. The van der Waals surface area contributed by atoms with Gasteiger partial charge in [0.05, 0.1) is 5.60 Å². The van der Waals surface area contributed by atoms with Gasteiger partial charge in [-0.1, -0.05) is 19.9 Å². The van der Waals surface area contributed by atoms with Gasteiger partial charge in [0.1, 0.15) is 0 Å². The maximum absolute atomic E-state index is 13.4. The van der Waals surface area contributed by atoms with Crippen molar-refractivity contribution in [3.05, 3.63) is 35.4 Å². The van der Waals surface area contributed by atoms with Crippen LogP contribution in [0.3, 0.4) is 0 Å². The molecule has 1 aromatic carbocycles. The Morgan fingerprint density at radius 1 is 1.16 bits per heavy atom. The smallest absolute Gasteiger partial charge is 0.159 e. The monoisotopic (exact) mass is 268 g/mol. The highest BCUT2D eigenvalue weighted by atomic mass is 19.2. The van der Waals surface area contributed by atoms with Crippen LogP contribution >= 0.6 is 0 Å². The minimum Gasteiger partial charge on any atom is -0.374 e. The van der Waals surface area contributed by atoms with E-state index in [0.29, 0.717) is 11.8 Å². The van der Waals surface area contributed by atoms with E-state index in [1.807, 2.05) is 0 Å². The molecular formula is C16H22F2O. The number of benzene rings is 1. The van der Waals surface area contributed by atoms with Gasteiger partial charge in [-0.05, 0) is 55.2 Å². The zero-order valence-corrected chi connectivity index (χ0v) is 11.9. The first-order chi connectivity index (χ1) is 8.98. The Labute approximate surface area is 114 Å². The summed E-state index contributed by atoms with van der Waals surface area (Å²) in [4.78, 5) is 0. The molecule has 1 aliphatic carbocycles. The Kier molecular flexibility index (Phi) is 4.24. The predicted octanol–water partition coefficient (Wildman–Crippen LogP) is 4.65. The molecule has 0 aliphatic heterocycles. The molecule has 0 aromatic heterocycles. The molecule has 2 rings (SSSR count). The van der Waals surface area contributed by atoms with Crippen LogP contribution in [-0.2, 0) is 10.3 Å². The third-order valence-corrected chi connectivity index (χ3v) is 4.62. The maximum Gasteiger partial charge on any atom is 0.159 e. The van der Waals surface area contributed by atoms with Crippen molar-refractivity contribution < 1.29 is 13.5 Å². The summed E-state index contributed by atoms with van der Waals surface area (Å²) in [6, 6.07) is 4.13. The molecule has 0 spiro atoms. The molecule has 0 unspecified atom stereocenters. The van der Waals surface area contributed by atoms with Gasteiger partial charge in [0.15, 0.2) is 11.6 Å². The van der Waals surface area contributed by atoms with Gasteiger partial charge in [0, 0.05) is 7.11 Å². The topological polar surface area (TPSA) is 9.23 Å². The van der Waals surface area contributed by atoms with Crippen molar-refractivity contribution in [1.82, 2.24) is 0 Å². The molecule has 0 amide bonds. The van der Waals surface area contributed by atoms with E-state index in [2.05, 4.69) is 13.8 Å². The van der Waals surface area contributed by atoms with Crippen molar-refractivity contribution in [3.63, 3.8) is 0 Å². The van der Waals surface area contributed by atoms with Gasteiger partial charge < -0.3 is 4.74 Å². The van der Waals surface area contributed by atoms with Crippen LogP contribution in [0.4, 0.5) is 8.78 Å². The van der Waals surface area contributed by atoms with Crippen molar-refractivity contribution >= 4 is 0 Å². The fourth-order valence-corrected chi connectivity index (χ4v) is 3.16. The maximum atomic E-state index is 13.4. The van der Waals surface area contributed by atoms with Crippen molar-refractivity contribution in [3.8, 4) is 0 Å². The first-order valence-corrected chi connectivity index (χ1v) is 6.99. The van der Waals surface area contributed by atoms with Crippen LogP contribution in [-0.4, -0.2) is 7.11 Å². The number of halogens is 2. The van der Waals surface area contributed by atoms with Crippen LogP contribution in [0, 0.1) is 23.5 Å². The van der Waals surface area contributed by atoms with Crippen molar-refractivity contribution in [1.29, 1.82) is 0 Å².